The number of rotatable bonds is 6. The lowest BCUT2D eigenvalue weighted by Crippen LogP contribution is -2.23. The van der Waals surface area contributed by atoms with Gasteiger partial charge in [-0.25, -0.2) is 13.1 Å². The van der Waals surface area contributed by atoms with E-state index in [2.05, 4.69) is 10.0 Å². The van der Waals surface area contributed by atoms with Crippen molar-refractivity contribution in [2.24, 2.45) is 7.05 Å². The Morgan fingerprint density at radius 2 is 1.51 bits per heavy atom. The summed E-state index contributed by atoms with van der Waals surface area (Å²) in [5.41, 5.74) is 1.26. The minimum absolute atomic E-state index is 0.0580. The zero-order valence-corrected chi connectivity index (χ0v) is 21.0. The van der Waals surface area contributed by atoms with Crippen LogP contribution in [0.1, 0.15) is 16.1 Å². The van der Waals surface area contributed by atoms with Gasteiger partial charge in [-0.05, 0) is 60.2 Å². The number of para-hydroxylation sites is 1. The van der Waals surface area contributed by atoms with E-state index in [1.807, 2.05) is 42.5 Å². The molecule has 186 valence electrons. The van der Waals surface area contributed by atoms with Crippen molar-refractivity contribution in [1.29, 1.82) is 0 Å². The first-order valence-electron chi connectivity index (χ1n) is 11.5. The molecular formula is C28H24N4O4S. The fourth-order valence-electron chi connectivity index (χ4n) is 4.15. The molecule has 0 radical (unpaired) electrons. The molecule has 1 aromatic heterocycles. The van der Waals surface area contributed by atoms with E-state index in [9.17, 15) is 18.0 Å². The highest BCUT2D eigenvalue weighted by atomic mass is 32.2. The van der Waals surface area contributed by atoms with E-state index in [0.29, 0.717) is 17.1 Å². The SMILES string of the molecule is Cc1c(NS(=O)(=O)c2cccc(C(=O)Nc3ccc4ccccc4c3)c2)c(=O)n(-c2ccccc2)n1C. The molecule has 0 aliphatic carbocycles. The van der Waals surface area contributed by atoms with Gasteiger partial charge in [0.2, 0.25) is 0 Å². The van der Waals surface area contributed by atoms with Gasteiger partial charge in [0.1, 0.15) is 5.69 Å². The average molecular weight is 513 g/mol. The Balaban J connectivity index is 1.42. The average Bonchev–Trinajstić information content (AvgIpc) is 3.11. The first kappa shape index (κ1) is 24.1. The number of hydrogen-bond donors (Lipinski definition) is 2. The third-order valence-corrected chi connectivity index (χ3v) is 7.55. The number of carbonyl (C=O) groups is 1. The molecule has 0 aliphatic heterocycles. The molecule has 0 unspecified atom stereocenters. The molecule has 2 N–H and O–H groups in total. The molecule has 0 fully saturated rings. The third-order valence-electron chi connectivity index (χ3n) is 6.20. The fraction of sp³-hybridized carbons (Fsp3) is 0.0714. The van der Waals surface area contributed by atoms with Gasteiger partial charge in [0.15, 0.2) is 0 Å². The van der Waals surface area contributed by atoms with Crippen molar-refractivity contribution < 1.29 is 13.2 Å². The molecule has 9 heteroatoms. The Hall–Kier alpha value is -4.63. The number of nitrogens with zero attached hydrogens (tertiary/aromatic N) is 2. The van der Waals surface area contributed by atoms with Crippen molar-refractivity contribution >= 4 is 38.1 Å². The van der Waals surface area contributed by atoms with Gasteiger partial charge in [-0.1, -0.05) is 54.6 Å². The van der Waals surface area contributed by atoms with Crippen molar-refractivity contribution in [3.63, 3.8) is 0 Å². The third kappa shape index (κ3) is 4.64. The van der Waals surface area contributed by atoms with Crippen LogP contribution in [0.2, 0.25) is 0 Å². The molecule has 0 spiro atoms. The first-order valence-corrected chi connectivity index (χ1v) is 13.0. The molecule has 1 heterocycles. The predicted octanol–water partition coefficient (Wildman–Crippen LogP) is 4.69. The lowest BCUT2D eigenvalue weighted by molar-refractivity contribution is 0.102. The Morgan fingerprint density at radius 3 is 2.27 bits per heavy atom. The van der Waals surface area contributed by atoms with Crippen LogP contribution < -0.4 is 15.6 Å². The topological polar surface area (TPSA) is 102 Å². The largest absolute Gasteiger partial charge is 0.322 e. The normalized spacial score (nSPS) is 11.4. The molecule has 0 saturated heterocycles. The highest BCUT2D eigenvalue weighted by molar-refractivity contribution is 7.92. The number of carbonyl (C=O) groups excluding carboxylic acids is 1. The van der Waals surface area contributed by atoms with E-state index < -0.39 is 21.5 Å². The van der Waals surface area contributed by atoms with Gasteiger partial charge in [-0.15, -0.1) is 0 Å². The van der Waals surface area contributed by atoms with E-state index in [1.54, 1.807) is 49.0 Å². The van der Waals surface area contributed by atoms with E-state index in [0.717, 1.165) is 10.8 Å². The van der Waals surface area contributed by atoms with Crippen molar-refractivity contribution in [3.8, 4) is 5.69 Å². The minimum Gasteiger partial charge on any atom is -0.322 e. The van der Waals surface area contributed by atoms with Gasteiger partial charge < -0.3 is 5.32 Å². The van der Waals surface area contributed by atoms with E-state index in [4.69, 9.17) is 0 Å². The highest BCUT2D eigenvalue weighted by Gasteiger charge is 2.23. The number of sulfonamides is 1. The standard InChI is InChI=1S/C28H24N4O4S/c1-19-26(28(34)32(31(19)2)24-12-4-3-5-13-24)30-37(35,36)25-14-8-11-22(18-25)27(33)29-23-16-15-20-9-6-7-10-21(20)17-23/h3-18,30H,1-2H3,(H,29,33). The lowest BCUT2D eigenvalue weighted by atomic mass is 10.1. The number of anilines is 2. The summed E-state index contributed by atoms with van der Waals surface area (Å²) in [6.45, 7) is 1.66. The number of fused-ring (bicyclic) bond motifs is 1. The van der Waals surface area contributed by atoms with Crippen LogP contribution in [-0.2, 0) is 17.1 Å². The van der Waals surface area contributed by atoms with Crippen LogP contribution in [-0.4, -0.2) is 23.7 Å². The molecule has 0 saturated carbocycles. The second-order valence-corrected chi connectivity index (χ2v) is 10.3. The van der Waals surface area contributed by atoms with Gasteiger partial charge in [0.05, 0.1) is 16.3 Å². The monoisotopic (exact) mass is 512 g/mol. The summed E-state index contributed by atoms with van der Waals surface area (Å²) in [6.07, 6.45) is 0. The van der Waals surface area contributed by atoms with Crippen LogP contribution in [0.3, 0.4) is 0 Å². The quantitative estimate of drug-likeness (QED) is 0.345. The Kier molecular flexibility index (Phi) is 6.14. The predicted molar refractivity (Wildman–Crippen MR) is 145 cm³/mol. The molecule has 0 aliphatic rings. The van der Waals surface area contributed by atoms with Crippen LogP contribution in [0, 0.1) is 6.92 Å². The Bertz CT molecular complexity index is 1810. The molecule has 5 rings (SSSR count). The van der Waals surface area contributed by atoms with Gasteiger partial charge in [-0.3, -0.25) is 19.0 Å². The minimum atomic E-state index is -4.16. The van der Waals surface area contributed by atoms with Crippen LogP contribution in [0.5, 0.6) is 0 Å². The van der Waals surface area contributed by atoms with Gasteiger partial charge in [0, 0.05) is 18.3 Å². The molecule has 37 heavy (non-hydrogen) atoms. The summed E-state index contributed by atoms with van der Waals surface area (Å²) in [4.78, 5) is 25.9. The maximum atomic E-state index is 13.2. The number of hydrogen-bond acceptors (Lipinski definition) is 4. The Morgan fingerprint density at radius 1 is 0.811 bits per heavy atom. The van der Waals surface area contributed by atoms with Crippen LogP contribution in [0.25, 0.3) is 16.5 Å². The van der Waals surface area contributed by atoms with Crippen LogP contribution >= 0.6 is 0 Å². The molecule has 0 bridgehead atoms. The maximum absolute atomic E-state index is 13.2. The Labute approximate surface area is 213 Å². The van der Waals surface area contributed by atoms with E-state index >= 15 is 0 Å². The van der Waals surface area contributed by atoms with E-state index in [1.165, 1.54) is 28.9 Å². The second kappa shape index (κ2) is 9.44. The van der Waals surface area contributed by atoms with Crippen molar-refractivity contribution in [2.45, 2.75) is 11.8 Å². The lowest BCUT2D eigenvalue weighted by Gasteiger charge is -2.10. The summed E-state index contributed by atoms with van der Waals surface area (Å²) < 4.78 is 31.9. The van der Waals surface area contributed by atoms with E-state index in [-0.39, 0.29) is 16.1 Å². The smallest absolute Gasteiger partial charge is 0.296 e. The summed E-state index contributed by atoms with van der Waals surface area (Å²) in [5.74, 6) is -0.449. The number of amides is 1. The van der Waals surface area contributed by atoms with Crippen molar-refractivity contribution in [3.05, 3.63) is 119 Å². The van der Waals surface area contributed by atoms with Gasteiger partial charge >= 0.3 is 0 Å². The maximum Gasteiger partial charge on any atom is 0.296 e. The molecule has 5 aromatic rings. The number of benzene rings is 4. The number of nitrogens with one attached hydrogen (secondary N) is 2. The van der Waals surface area contributed by atoms with Gasteiger partial charge in [0.25, 0.3) is 21.5 Å². The second-order valence-electron chi connectivity index (χ2n) is 8.59. The first-order chi connectivity index (χ1) is 17.7. The zero-order valence-electron chi connectivity index (χ0n) is 20.2. The zero-order chi connectivity index (χ0) is 26.2. The van der Waals surface area contributed by atoms with Crippen molar-refractivity contribution in [1.82, 2.24) is 9.36 Å². The summed E-state index contributed by atoms with van der Waals surface area (Å²) in [6, 6.07) is 27.9. The summed E-state index contributed by atoms with van der Waals surface area (Å²) in [5, 5.41) is 4.83. The van der Waals surface area contributed by atoms with Gasteiger partial charge in [-0.2, -0.15) is 0 Å². The molecule has 0 atom stereocenters. The summed E-state index contributed by atoms with van der Waals surface area (Å²) >= 11 is 0. The molecule has 4 aromatic carbocycles. The fourth-order valence-corrected chi connectivity index (χ4v) is 5.32. The van der Waals surface area contributed by atoms with Crippen LogP contribution in [0.15, 0.2) is 107 Å². The molecule has 1 amide bonds. The molecular weight excluding hydrogens is 488 g/mol. The molecule has 8 nitrogen and oxygen atoms in total. The highest BCUT2D eigenvalue weighted by Crippen LogP contribution is 2.22. The number of aromatic nitrogens is 2. The summed E-state index contributed by atoms with van der Waals surface area (Å²) in [7, 11) is -2.48. The van der Waals surface area contributed by atoms with Crippen molar-refractivity contribution in [2.75, 3.05) is 10.0 Å². The van der Waals surface area contributed by atoms with Crippen LogP contribution in [0.4, 0.5) is 11.4 Å².